The van der Waals surface area contributed by atoms with Crippen LogP contribution in [0, 0.1) is 26.7 Å². The number of rotatable bonds is 9. The molecule has 1 aliphatic heterocycles. The van der Waals surface area contributed by atoms with Gasteiger partial charge in [-0.05, 0) is 103 Å². The normalized spacial score (nSPS) is 18.8. The van der Waals surface area contributed by atoms with Gasteiger partial charge in [0.15, 0.2) is 0 Å². The summed E-state index contributed by atoms with van der Waals surface area (Å²) in [6.45, 7) is 16.9. The van der Waals surface area contributed by atoms with Crippen molar-refractivity contribution >= 4 is 40.3 Å². The second-order valence-corrected chi connectivity index (χ2v) is 14.1. The summed E-state index contributed by atoms with van der Waals surface area (Å²) in [4.78, 5) is 43.2. The van der Waals surface area contributed by atoms with Gasteiger partial charge < -0.3 is 15.3 Å². The van der Waals surface area contributed by atoms with Crippen LogP contribution in [-0.4, -0.2) is 52.1 Å². The molecule has 2 amide bonds. The molecular formula is C38H48N4O4. The standard InChI is InChI=1S/C38H48N4O4/c1-9-41(18-12-15-26-13-10-11-14-26)27-16-17-28(29(21-27)39-36(45)30-23(3)19-22(2)20-24(30)4)32-34(43)33(35(32)44)31-25(5)40-42(37(31)46)38(6,7)8/h16-17,19-21,26,43H,9-15,18H2,1-8H3,(H,39,45)/b33-31-. The molecule has 0 saturated heterocycles. The number of benzene rings is 2. The van der Waals surface area contributed by atoms with E-state index in [1.807, 2.05) is 65.8 Å². The predicted molar refractivity (Wildman–Crippen MR) is 185 cm³/mol. The highest BCUT2D eigenvalue weighted by atomic mass is 16.3. The first-order valence-corrected chi connectivity index (χ1v) is 16.6. The van der Waals surface area contributed by atoms with Crippen molar-refractivity contribution in [3.63, 3.8) is 0 Å². The number of Topliss-reactive ketones (excluding diaryl/α,β-unsaturated/α-hetero) is 1. The SMILES string of the molecule is CCN(CCCC1CCCC1)c1ccc(C2=C(O)/C(=C3/C(=O)N(C(C)(C)C)N=C3C)C2=O)c(NC(=O)c2c(C)cc(C)cc2C)c1. The first-order chi connectivity index (χ1) is 21.7. The van der Waals surface area contributed by atoms with Gasteiger partial charge in [0.25, 0.3) is 11.8 Å². The smallest absolute Gasteiger partial charge is 0.277 e. The average molecular weight is 625 g/mol. The summed E-state index contributed by atoms with van der Waals surface area (Å²) < 4.78 is 0. The minimum atomic E-state index is -0.586. The molecule has 2 aromatic rings. The maximum atomic E-state index is 13.8. The number of amides is 2. The van der Waals surface area contributed by atoms with Crippen molar-refractivity contribution in [3.05, 3.63) is 75.1 Å². The quantitative estimate of drug-likeness (QED) is 0.277. The van der Waals surface area contributed by atoms with Crippen LogP contribution in [0.15, 0.2) is 52.3 Å². The lowest BCUT2D eigenvalue weighted by Gasteiger charge is -2.29. The van der Waals surface area contributed by atoms with E-state index >= 15 is 0 Å². The lowest BCUT2D eigenvalue weighted by molar-refractivity contribution is -0.130. The molecule has 8 nitrogen and oxygen atoms in total. The molecule has 0 bridgehead atoms. The maximum Gasteiger partial charge on any atom is 0.277 e. The number of hydrazone groups is 1. The van der Waals surface area contributed by atoms with Gasteiger partial charge in [-0.25, -0.2) is 5.01 Å². The molecule has 0 unspecified atom stereocenters. The molecule has 5 rings (SSSR count). The molecule has 0 aromatic heterocycles. The summed E-state index contributed by atoms with van der Waals surface area (Å²) >= 11 is 0. The van der Waals surface area contributed by atoms with Gasteiger partial charge in [0.2, 0.25) is 5.78 Å². The number of carbonyl (C=O) groups is 3. The highest BCUT2D eigenvalue weighted by Gasteiger charge is 2.45. The highest BCUT2D eigenvalue weighted by Crippen LogP contribution is 2.43. The fraction of sp³-hybridized carbons (Fsp3) is 0.474. The van der Waals surface area contributed by atoms with Gasteiger partial charge in [-0.15, -0.1) is 0 Å². The second kappa shape index (κ2) is 12.9. The van der Waals surface area contributed by atoms with Crippen LogP contribution in [0.3, 0.4) is 0 Å². The lowest BCUT2D eigenvalue weighted by atomic mass is 9.79. The number of allylic oxidation sites excluding steroid dienone is 2. The maximum absolute atomic E-state index is 13.8. The van der Waals surface area contributed by atoms with Crippen LogP contribution in [0.25, 0.3) is 5.57 Å². The van der Waals surface area contributed by atoms with E-state index in [1.165, 1.54) is 37.1 Å². The number of anilines is 2. The largest absolute Gasteiger partial charge is 0.506 e. The van der Waals surface area contributed by atoms with Crippen molar-refractivity contribution < 1.29 is 19.5 Å². The molecule has 1 fully saturated rings. The molecule has 46 heavy (non-hydrogen) atoms. The summed E-state index contributed by atoms with van der Waals surface area (Å²) in [6.07, 6.45) is 7.62. The Morgan fingerprint density at radius 1 is 1.00 bits per heavy atom. The summed E-state index contributed by atoms with van der Waals surface area (Å²) in [7, 11) is 0. The van der Waals surface area contributed by atoms with E-state index in [9.17, 15) is 19.5 Å². The van der Waals surface area contributed by atoms with Gasteiger partial charge in [0.1, 0.15) is 5.76 Å². The molecule has 8 heteroatoms. The average Bonchev–Trinajstić information content (AvgIpc) is 3.59. The molecule has 0 radical (unpaired) electrons. The van der Waals surface area contributed by atoms with Crippen LogP contribution in [0.4, 0.5) is 11.4 Å². The van der Waals surface area contributed by atoms with E-state index in [4.69, 9.17) is 0 Å². The van der Waals surface area contributed by atoms with Gasteiger partial charge in [-0.1, -0.05) is 43.4 Å². The zero-order chi connectivity index (χ0) is 33.5. The van der Waals surface area contributed by atoms with Crippen molar-refractivity contribution in [1.29, 1.82) is 0 Å². The lowest BCUT2D eigenvalue weighted by Crippen LogP contribution is -2.40. The van der Waals surface area contributed by atoms with Crippen LogP contribution in [0.1, 0.15) is 106 Å². The third kappa shape index (κ3) is 6.26. The van der Waals surface area contributed by atoms with E-state index in [0.29, 0.717) is 22.5 Å². The Hall–Kier alpha value is -4.20. The molecule has 2 aromatic carbocycles. The number of nitrogens with zero attached hydrogens (tertiary/aromatic N) is 3. The van der Waals surface area contributed by atoms with Gasteiger partial charge >= 0.3 is 0 Å². The topological polar surface area (TPSA) is 102 Å². The van der Waals surface area contributed by atoms with E-state index in [1.54, 1.807) is 13.0 Å². The van der Waals surface area contributed by atoms with Gasteiger partial charge in [0.05, 0.1) is 33.7 Å². The predicted octanol–water partition coefficient (Wildman–Crippen LogP) is 7.83. The number of hydrogen-bond acceptors (Lipinski definition) is 6. The van der Waals surface area contributed by atoms with Gasteiger partial charge in [0, 0.05) is 29.9 Å². The van der Waals surface area contributed by atoms with Crippen LogP contribution < -0.4 is 10.2 Å². The number of aliphatic hydroxyl groups is 1. The Morgan fingerprint density at radius 3 is 2.22 bits per heavy atom. The van der Waals surface area contributed by atoms with Crippen LogP contribution in [-0.2, 0) is 9.59 Å². The number of nitrogens with one attached hydrogen (secondary N) is 1. The molecular weight excluding hydrogens is 576 g/mol. The van der Waals surface area contributed by atoms with Crippen molar-refractivity contribution in [3.8, 4) is 0 Å². The van der Waals surface area contributed by atoms with E-state index in [0.717, 1.165) is 47.8 Å². The Morgan fingerprint density at radius 2 is 1.65 bits per heavy atom. The minimum absolute atomic E-state index is 0.0262. The van der Waals surface area contributed by atoms with Crippen LogP contribution in [0.5, 0.6) is 0 Å². The Labute approximate surface area is 273 Å². The molecule has 0 spiro atoms. The van der Waals surface area contributed by atoms with Gasteiger partial charge in [-0.3, -0.25) is 14.4 Å². The van der Waals surface area contributed by atoms with Crippen molar-refractivity contribution in [2.75, 3.05) is 23.3 Å². The summed E-state index contributed by atoms with van der Waals surface area (Å²) in [5.41, 5.74) is 5.15. The monoisotopic (exact) mass is 624 g/mol. The first-order valence-electron chi connectivity index (χ1n) is 16.6. The molecule has 3 aliphatic rings. The van der Waals surface area contributed by atoms with E-state index in [2.05, 4.69) is 22.2 Å². The third-order valence-electron chi connectivity index (χ3n) is 9.52. The fourth-order valence-electron chi connectivity index (χ4n) is 7.25. The number of ketones is 1. The zero-order valence-electron chi connectivity index (χ0n) is 28.6. The Kier molecular flexibility index (Phi) is 9.30. The molecule has 1 saturated carbocycles. The van der Waals surface area contributed by atoms with Crippen molar-refractivity contribution in [2.45, 2.75) is 99.5 Å². The summed E-state index contributed by atoms with van der Waals surface area (Å²) in [5.74, 6) is -0.576. The molecule has 244 valence electrons. The molecule has 1 heterocycles. The Balaban J connectivity index is 1.53. The van der Waals surface area contributed by atoms with Crippen molar-refractivity contribution in [1.82, 2.24) is 5.01 Å². The first kappa shape index (κ1) is 33.2. The molecule has 0 atom stereocenters. The number of aryl methyl sites for hydroxylation is 3. The highest BCUT2D eigenvalue weighted by molar-refractivity contribution is 6.44. The summed E-state index contributed by atoms with van der Waals surface area (Å²) in [6, 6.07) is 9.60. The van der Waals surface area contributed by atoms with E-state index < -0.39 is 17.2 Å². The number of hydrogen-bond donors (Lipinski definition) is 2. The summed E-state index contributed by atoms with van der Waals surface area (Å²) in [5, 5.41) is 20.2. The Bertz CT molecular complexity index is 1660. The molecule has 2 N–H and O–H groups in total. The second-order valence-electron chi connectivity index (χ2n) is 14.1. The molecule has 2 aliphatic carbocycles. The fourth-order valence-corrected chi connectivity index (χ4v) is 7.25. The van der Waals surface area contributed by atoms with Gasteiger partial charge in [-0.2, -0.15) is 5.10 Å². The number of carbonyl (C=O) groups excluding carboxylic acids is 3. The minimum Gasteiger partial charge on any atom is -0.506 e. The van der Waals surface area contributed by atoms with Crippen molar-refractivity contribution in [2.24, 2.45) is 11.0 Å². The zero-order valence-corrected chi connectivity index (χ0v) is 28.6. The number of aliphatic hydroxyl groups excluding tert-OH is 1. The van der Waals surface area contributed by atoms with Crippen LogP contribution in [0.2, 0.25) is 0 Å². The van der Waals surface area contributed by atoms with E-state index in [-0.39, 0.29) is 28.4 Å². The third-order valence-corrected chi connectivity index (χ3v) is 9.52. The van der Waals surface area contributed by atoms with Crippen LogP contribution >= 0.6 is 0 Å².